The maximum Gasteiger partial charge on any atom is 0.409 e. The third-order valence-electron chi connectivity index (χ3n) is 3.80. The van der Waals surface area contributed by atoms with E-state index in [1.807, 2.05) is 60.7 Å². The number of benzene rings is 2. The molecule has 0 aliphatic carbocycles. The second kappa shape index (κ2) is 11.0. The van der Waals surface area contributed by atoms with Gasteiger partial charge in [0.15, 0.2) is 6.23 Å². The lowest BCUT2D eigenvalue weighted by molar-refractivity contribution is -0.00417. The van der Waals surface area contributed by atoms with Crippen LogP contribution in [0.15, 0.2) is 60.7 Å². The van der Waals surface area contributed by atoms with Crippen molar-refractivity contribution >= 4 is 6.09 Å². The molecule has 0 spiro atoms. The quantitative estimate of drug-likeness (QED) is 0.434. The highest BCUT2D eigenvalue weighted by molar-refractivity contribution is 5.67. The highest BCUT2D eigenvalue weighted by Crippen LogP contribution is 2.25. The van der Waals surface area contributed by atoms with Gasteiger partial charge in [-0.05, 0) is 12.0 Å². The topological polar surface area (TPSA) is 47.6 Å². The van der Waals surface area contributed by atoms with Gasteiger partial charge in [-0.3, -0.25) is 5.32 Å². The highest BCUT2D eigenvalue weighted by atomic mass is 16.6. The van der Waals surface area contributed by atoms with Crippen LogP contribution in [-0.4, -0.2) is 13.2 Å². The largest absolute Gasteiger partial charge is 0.453 e. The lowest BCUT2D eigenvalue weighted by atomic mass is 10.1. The number of rotatable bonds is 7. The first-order chi connectivity index (χ1) is 12.7. The molecule has 0 aliphatic rings. The maximum absolute atomic E-state index is 11.8. The minimum atomic E-state index is -0.658. The summed E-state index contributed by atoms with van der Waals surface area (Å²) in [5.41, 5.74) is 1.78. The van der Waals surface area contributed by atoms with Gasteiger partial charge in [0.25, 0.3) is 0 Å². The van der Waals surface area contributed by atoms with E-state index in [1.54, 1.807) is 0 Å². The Labute approximate surface area is 155 Å². The van der Waals surface area contributed by atoms with Crippen LogP contribution in [-0.2, 0) is 9.47 Å². The molecule has 0 aliphatic heterocycles. The van der Waals surface area contributed by atoms with Gasteiger partial charge in [0.1, 0.15) is 6.10 Å². The van der Waals surface area contributed by atoms with Crippen molar-refractivity contribution in [1.29, 1.82) is 0 Å². The summed E-state index contributed by atoms with van der Waals surface area (Å²) < 4.78 is 10.9. The molecule has 0 saturated heterocycles. The zero-order chi connectivity index (χ0) is 18.6. The van der Waals surface area contributed by atoms with Gasteiger partial charge in [0.05, 0.1) is 7.11 Å². The van der Waals surface area contributed by atoms with Crippen LogP contribution in [0.3, 0.4) is 0 Å². The SMILES string of the molecule is CCCCC#CC(OC(NC(=O)OC)c1ccccc1)c1ccccc1. The molecule has 1 N–H and O–H groups in total. The minimum Gasteiger partial charge on any atom is -0.453 e. The van der Waals surface area contributed by atoms with Crippen LogP contribution in [0.5, 0.6) is 0 Å². The summed E-state index contributed by atoms with van der Waals surface area (Å²) in [6.45, 7) is 2.14. The van der Waals surface area contributed by atoms with E-state index in [0.29, 0.717) is 0 Å². The van der Waals surface area contributed by atoms with Crippen molar-refractivity contribution in [1.82, 2.24) is 5.32 Å². The Balaban J connectivity index is 2.25. The average Bonchev–Trinajstić information content (AvgIpc) is 2.70. The monoisotopic (exact) mass is 351 g/mol. The Morgan fingerprint density at radius 2 is 1.65 bits per heavy atom. The predicted molar refractivity (Wildman–Crippen MR) is 102 cm³/mol. The van der Waals surface area contributed by atoms with Crippen molar-refractivity contribution in [2.45, 2.75) is 38.5 Å². The van der Waals surface area contributed by atoms with E-state index in [2.05, 4.69) is 24.1 Å². The fourth-order valence-corrected chi connectivity index (χ4v) is 2.38. The molecule has 0 heterocycles. The molecule has 0 saturated carbocycles. The molecular weight excluding hydrogens is 326 g/mol. The summed E-state index contributed by atoms with van der Waals surface area (Å²) >= 11 is 0. The van der Waals surface area contributed by atoms with E-state index in [4.69, 9.17) is 9.47 Å². The molecule has 2 rings (SSSR count). The standard InChI is InChI=1S/C22H25NO3/c1-3-4-5-12-17-20(18-13-8-6-9-14-18)26-21(23-22(24)25-2)19-15-10-7-11-16-19/h6-11,13-16,20-21H,3-5H2,1-2H3,(H,23,24). The minimum absolute atomic E-state index is 0.449. The van der Waals surface area contributed by atoms with E-state index in [-0.39, 0.29) is 0 Å². The van der Waals surface area contributed by atoms with E-state index in [0.717, 1.165) is 30.4 Å². The van der Waals surface area contributed by atoms with Gasteiger partial charge >= 0.3 is 6.09 Å². The summed E-state index contributed by atoms with van der Waals surface area (Å²) in [4.78, 5) is 11.8. The number of ether oxygens (including phenoxy) is 2. The fraction of sp³-hybridized carbons (Fsp3) is 0.318. The van der Waals surface area contributed by atoms with Crippen molar-refractivity contribution in [2.75, 3.05) is 7.11 Å². The molecule has 2 aromatic carbocycles. The maximum atomic E-state index is 11.8. The number of carbonyl (C=O) groups excluding carboxylic acids is 1. The van der Waals surface area contributed by atoms with Crippen molar-refractivity contribution in [2.24, 2.45) is 0 Å². The number of hydrogen-bond donors (Lipinski definition) is 1. The van der Waals surface area contributed by atoms with Crippen LogP contribution < -0.4 is 5.32 Å². The molecule has 0 aromatic heterocycles. The third kappa shape index (κ3) is 6.27. The lowest BCUT2D eigenvalue weighted by Gasteiger charge is -2.23. The van der Waals surface area contributed by atoms with Crippen LogP contribution in [0, 0.1) is 11.8 Å². The molecule has 0 radical (unpaired) electrons. The molecule has 1 amide bonds. The average molecular weight is 351 g/mol. The van der Waals surface area contributed by atoms with Gasteiger partial charge in [-0.15, -0.1) is 5.92 Å². The van der Waals surface area contributed by atoms with E-state index >= 15 is 0 Å². The van der Waals surface area contributed by atoms with Crippen molar-refractivity contribution in [3.05, 3.63) is 71.8 Å². The number of hydrogen-bond acceptors (Lipinski definition) is 3. The first kappa shape index (κ1) is 19.6. The summed E-state index contributed by atoms with van der Waals surface area (Å²) in [7, 11) is 1.33. The van der Waals surface area contributed by atoms with Gasteiger partial charge in [0, 0.05) is 12.0 Å². The summed E-state index contributed by atoms with van der Waals surface area (Å²) in [5.74, 6) is 6.39. The number of alkyl carbamates (subject to hydrolysis) is 1. The number of nitrogens with one attached hydrogen (secondary N) is 1. The second-order valence-corrected chi connectivity index (χ2v) is 5.78. The molecule has 26 heavy (non-hydrogen) atoms. The summed E-state index contributed by atoms with van der Waals surface area (Å²) in [6, 6.07) is 19.3. The Bertz CT molecular complexity index is 719. The molecule has 0 fully saturated rings. The number of carbonyl (C=O) groups is 1. The summed E-state index contributed by atoms with van der Waals surface area (Å²) in [6.07, 6.45) is 1.32. The van der Waals surface area contributed by atoms with E-state index in [1.165, 1.54) is 7.11 Å². The van der Waals surface area contributed by atoms with Gasteiger partial charge in [-0.1, -0.05) is 79.9 Å². The predicted octanol–water partition coefficient (Wildman–Crippen LogP) is 4.99. The van der Waals surface area contributed by atoms with Crippen LogP contribution in [0.2, 0.25) is 0 Å². The van der Waals surface area contributed by atoms with Crippen LogP contribution in [0.1, 0.15) is 49.6 Å². The molecular formula is C22H25NO3. The van der Waals surface area contributed by atoms with Gasteiger partial charge in [-0.25, -0.2) is 4.79 Å². The lowest BCUT2D eigenvalue weighted by Crippen LogP contribution is -2.31. The molecule has 136 valence electrons. The smallest absolute Gasteiger partial charge is 0.409 e. The van der Waals surface area contributed by atoms with Crippen LogP contribution in [0.25, 0.3) is 0 Å². The highest BCUT2D eigenvalue weighted by Gasteiger charge is 2.20. The van der Waals surface area contributed by atoms with Crippen molar-refractivity contribution < 1.29 is 14.3 Å². The van der Waals surface area contributed by atoms with Gasteiger partial charge in [-0.2, -0.15) is 0 Å². The molecule has 4 heteroatoms. The Hall–Kier alpha value is -2.77. The van der Waals surface area contributed by atoms with Crippen molar-refractivity contribution in [3.8, 4) is 11.8 Å². The first-order valence-corrected chi connectivity index (χ1v) is 8.82. The van der Waals surface area contributed by atoms with E-state index < -0.39 is 18.4 Å². The third-order valence-corrected chi connectivity index (χ3v) is 3.80. The van der Waals surface area contributed by atoms with Gasteiger partial charge in [0.2, 0.25) is 0 Å². The summed E-state index contributed by atoms with van der Waals surface area (Å²) in [5, 5.41) is 2.73. The van der Waals surface area contributed by atoms with Crippen LogP contribution >= 0.6 is 0 Å². The Morgan fingerprint density at radius 1 is 1.04 bits per heavy atom. The zero-order valence-electron chi connectivity index (χ0n) is 15.3. The van der Waals surface area contributed by atoms with Crippen molar-refractivity contribution in [3.63, 3.8) is 0 Å². The fourth-order valence-electron chi connectivity index (χ4n) is 2.38. The molecule has 2 aromatic rings. The van der Waals surface area contributed by atoms with Gasteiger partial charge < -0.3 is 9.47 Å². The molecule has 4 nitrogen and oxygen atoms in total. The zero-order valence-corrected chi connectivity index (χ0v) is 15.3. The number of amides is 1. The first-order valence-electron chi connectivity index (χ1n) is 8.82. The Morgan fingerprint density at radius 3 is 2.23 bits per heavy atom. The molecule has 2 atom stereocenters. The number of methoxy groups -OCH3 is 1. The number of unbranched alkanes of at least 4 members (excludes halogenated alkanes) is 2. The Kier molecular flexibility index (Phi) is 8.25. The second-order valence-electron chi connectivity index (χ2n) is 5.78. The molecule has 0 bridgehead atoms. The molecule has 2 unspecified atom stereocenters. The normalized spacial score (nSPS) is 12.4. The van der Waals surface area contributed by atoms with E-state index in [9.17, 15) is 4.79 Å². The van der Waals surface area contributed by atoms with Crippen LogP contribution in [0.4, 0.5) is 4.79 Å².